The van der Waals surface area contributed by atoms with Crippen molar-refractivity contribution in [3.8, 4) is 11.8 Å². The van der Waals surface area contributed by atoms with Crippen molar-refractivity contribution < 1.29 is 9.53 Å². The predicted molar refractivity (Wildman–Crippen MR) is 114 cm³/mol. The van der Waals surface area contributed by atoms with E-state index < -0.39 is 0 Å². The highest BCUT2D eigenvalue weighted by atomic mass is 79.9. The number of carbonyl (C=O) groups excluding carboxylic acids is 1. The van der Waals surface area contributed by atoms with Gasteiger partial charge in [-0.05, 0) is 55.0 Å². The quantitative estimate of drug-likeness (QED) is 0.673. The van der Waals surface area contributed by atoms with Crippen molar-refractivity contribution in [3.05, 3.63) is 64.1 Å². The Morgan fingerprint density at radius 1 is 1.14 bits per heavy atom. The summed E-state index contributed by atoms with van der Waals surface area (Å²) in [4.78, 5) is 16.8. The van der Waals surface area contributed by atoms with Crippen molar-refractivity contribution in [1.29, 1.82) is 5.26 Å². The first-order valence-electron chi connectivity index (χ1n) is 9.16. The zero-order chi connectivity index (χ0) is 19.9. The molecule has 1 heterocycles. The molecule has 1 aliphatic heterocycles. The van der Waals surface area contributed by atoms with Gasteiger partial charge in [-0.3, -0.25) is 4.79 Å². The van der Waals surface area contributed by atoms with Gasteiger partial charge < -0.3 is 14.5 Å². The van der Waals surface area contributed by atoms with Gasteiger partial charge in [0.05, 0.1) is 18.7 Å². The third kappa shape index (κ3) is 4.93. The van der Waals surface area contributed by atoms with Crippen LogP contribution in [-0.4, -0.2) is 44.1 Å². The number of rotatable bonds is 4. The van der Waals surface area contributed by atoms with E-state index in [0.29, 0.717) is 12.1 Å². The molecule has 1 fully saturated rings. The fourth-order valence-electron chi connectivity index (χ4n) is 3.24. The highest BCUT2D eigenvalue weighted by molar-refractivity contribution is 9.10. The van der Waals surface area contributed by atoms with E-state index in [2.05, 4.69) is 26.9 Å². The second kappa shape index (κ2) is 9.43. The van der Waals surface area contributed by atoms with Gasteiger partial charge in [0.25, 0.3) is 0 Å². The van der Waals surface area contributed by atoms with E-state index in [1.165, 1.54) is 0 Å². The van der Waals surface area contributed by atoms with E-state index in [1.54, 1.807) is 19.3 Å². The number of nitrogens with zero attached hydrogens (tertiary/aromatic N) is 3. The van der Waals surface area contributed by atoms with Crippen molar-refractivity contribution in [3.63, 3.8) is 0 Å². The lowest BCUT2D eigenvalue weighted by molar-refractivity contribution is -0.125. The van der Waals surface area contributed by atoms with Crippen LogP contribution in [0.5, 0.6) is 5.75 Å². The minimum Gasteiger partial charge on any atom is -0.496 e. The molecule has 0 N–H and O–H groups in total. The lowest BCUT2D eigenvalue weighted by Gasteiger charge is -2.23. The smallest absolute Gasteiger partial charge is 0.246 e. The monoisotopic (exact) mass is 439 g/mol. The molecule has 0 unspecified atom stereocenters. The molecule has 2 aromatic rings. The van der Waals surface area contributed by atoms with Crippen molar-refractivity contribution in [2.45, 2.75) is 6.42 Å². The summed E-state index contributed by atoms with van der Waals surface area (Å²) in [6.07, 6.45) is 4.32. The van der Waals surface area contributed by atoms with Crippen molar-refractivity contribution in [2.75, 3.05) is 38.2 Å². The van der Waals surface area contributed by atoms with Crippen LogP contribution in [0.3, 0.4) is 0 Å². The highest BCUT2D eigenvalue weighted by Gasteiger charge is 2.18. The minimum atomic E-state index is 0.00343. The van der Waals surface area contributed by atoms with Gasteiger partial charge in [0.2, 0.25) is 5.91 Å². The summed E-state index contributed by atoms with van der Waals surface area (Å²) in [7, 11) is 1.62. The molecule has 5 nitrogen and oxygen atoms in total. The van der Waals surface area contributed by atoms with Gasteiger partial charge in [-0.25, -0.2) is 0 Å². The van der Waals surface area contributed by atoms with Crippen LogP contribution in [0.4, 0.5) is 5.69 Å². The van der Waals surface area contributed by atoms with Crippen LogP contribution >= 0.6 is 15.9 Å². The Kier molecular flexibility index (Phi) is 6.72. The second-order valence-electron chi connectivity index (χ2n) is 6.54. The minimum absolute atomic E-state index is 0.00343. The summed E-state index contributed by atoms with van der Waals surface area (Å²) >= 11 is 3.45. The molecular weight excluding hydrogens is 418 g/mol. The maximum atomic E-state index is 12.7. The Hall–Kier alpha value is -2.78. The first kappa shape index (κ1) is 20.0. The van der Waals surface area contributed by atoms with E-state index in [1.807, 2.05) is 47.4 Å². The third-order valence-electron chi connectivity index (χ3n) is 4.77. The number of anilines is 1. The SMILES string of the molecule is COc1ccc(Br)cc1/C=C/C(=O)N1CCCN(c2ccc(C#N)cc2)CC1. The number of amides is 1. The number of hydrogen-bond donors (Lipinski definition) is 0. The Labute approximate surface area is 173 Å². The normalized spacial score (nSPS) is 14.6. The predicted octanol–water partition coefficient (Wildman–Crippen LogP) is 4.08. The Morgan fingerprint density at radius 3 is 2.64 bits per heavy atom. The molecule has 0 radical (unpaired) electrons. The largest absolute Gasteiger partial charge is 0.496 e. The van der Waals surface area contributed by atoms with Crippen molar-refractivity contribution in [2.24, 2.45) is 0 Å². The average Bonchev–Trinajstić information content (AvgIpc) is 2.98. The van der Waals surface area contributed by atoms with Crippen LogP contribution in [-0.2, 0) is 4.79 Å². The third-order valence-corrected chi connectivity index (χ3v) is 5.26. The van der Waals surface area contributed by atoms with Gasteiger partial charge in [0, 0.05) is 48.0 Å². The zero-order valence-corrected chi connectivity index (χ0v) is 17.4. The maximum Gasteiger partial charge on any atom is 0.246 e. The van der Waals surface area contributed by atoms with Crippen LogP contribution in [0, 0.1) is 11.3 Å². The fourth-order valence-corrected chi connectivity index (χ4v) is 3.62. The molecule has 0 atom stereocenters. The molecule has 2 aromatic carbocycles. The van der Waals surface area contributed by atoms with Crippen molar-refractivity contribution in [1.82, 2.24) is 4.90 Å². The standard InChI is InChI=1S/C22H22BrN3O2/c1-28-21-9-6-19(23)15-18(21)5-10-22(27)26-12-2-11-25(13-14-26)20-7-3-17(16-24)4-8-20/h3-10,15H,2,11-14H2,1H3/b10-5+. The summed E-state index contributed by atoms with van der Waals surface area (Å²) in [5, 5.41) is 8.94. The number of carbonyl (C=O) groups is 1. The summed E-state index contributed by atoms with van der Waals surface area (Å²) in [5.41, 5.74) is 2.60. The van der Waals surface area contributed by atoms with Gasteiger partial charge in [-0.1, -0.05) is 15.9 Å². The van der Waals surface area contributed by atoms with Crippen LogP contribution in [0.15, 0.2) is 53.0 Å². The first-order valence-corrected chi connectivity index (χ1v) is 9.95. The van der Waals surface area contributed by atoms with E-state index in [0.717, 1.165) is 47.5 Å². The summed E-state index contributed by atoms with van der Waals surface area (Å²) in [5.74, 6) is 0.735. The van der Waals surface area contributed by atoms with E-state index in [-0.39, 0.29) is 5.91 Å². The van der Waals surface area contributed by atoms with Crippen molar-refractivity contribution >= 4 is 33.6 Å². The lowest BCUT2D eigenvalue weighted by Crippen LogP contribution is -2.34. The lowest BCUT2D eigenvalue weighted by atomic mass is 10.2. The average molecular weight is 440 g/mol. The molecule has 144 valence electrons. The van der Waals surface area contributed by atoms with Crippen LogP contribution in [0.1, 0.15) is 17.5 Å². The van der Waals surface area contributed by atoms with E-state index >= 15 is 0 Å². The summed E-state index contributed by atoms with van der Waals surface area (Å²) in [6.45, 7) is 3.05. The molecule has 0 aliphatic carbocycles. The molecule has 3 rings (SSSR count). The maximum absolute atomic E-state index is 12.7. The van der Waals surface area contributed by atoms with Gasteiger partial charge in [0.1, 0.15) is 5.75 Å². The molecule has 0 saturated carbocycles. The molecule has 0 aromatic heterocycles. The van der Waals surface area contributed by atoms with Crippen LogP contribution in [0.25, 0.3) is 6.08 Å². The molecular formula is C22H22BrN3O2. The van der Waals surface area contributed by atoms with Crippen LogP contribution < -0.4 is 9.64 Å². The number of hydrogen-bond acceptors (Lipinski definition) is 4. The second-order valence-corrected chi connectivity index (χ2v) is 7.46. The Morgan fingerprint density at radius 2 is 1.93 bits per heavy atom. The summed E-state index contributed by atoms with van der Waals surface area (Å²) < 4.78 is 6.29. The zero-order valence-electron chi connectivity index (χ0n) is 15.8. The number of nitriles is 1. The highest BCUT2D eigenvalue weighted by Crippen LogP contribution is 2.24. The number of benzene rings is 2. The number of halogens is 1. The molecule has 0 spiro atoms. The number of methoxy groups -OCH3 is 1. The van der Waals surface area contributed by atoms with Crippen LogP contribution in [0.2, 0.25) is 0 Å². The van der Waals surface area contributed by atoms with Gasteiger partial charge in [-0.2, -0.15) is 5.26 Å². The topological polar surface area (TPSA) is 56.6 Å². The van der Waals surface area contributed by atoms with Gasteiger partial charge in [0.15, 0.2) is 0 Å². The van der Waals surface area contributed by atoms with Gasteiger partial charge in [-0.15, -0.1) is 0 Å². The number of ether oxygens (including phenoxy) is 1. The Balaban J connectivity index is 1.64. The molecule has 28 heavy (non-hydrogen) atoms. The summed E-state index contributed by atoms with van der Waals surface area (Å²) in [6, 6.07) is 15.4. The van der Waals surface area contributed by atoms with E-state index in [4.69, 9.17) is 10.00 Å². The van der Waals surface area contributed by atoms with Gasteiger partial charge >= 0.3 is 0 Å². The molecule has 1 amide bonds. The molecule has 0 bridgehead atoms. The first-order chi connectivity index (χ1) is 13.6. The molecule has 1 saturated heterocycles. The van der Waals surface area contributed by atoms with E-state index in [9.17, 15) is 4.79 Å². The molecule has 6 heteroatoms. The molecule has 1 aliphatic rings. The fraction of sp³-hybridized carbons (Fsp3) is 0.273. The Bertz CT molecular complexity index is 903.